The smallest absolute Gasteiger partial charge is 0.392 e. The van der Waals surface area contributed by atoms with Gasteiger partial charge < -0.3 is 10.0 Å². The van der Waals surface area contributed by atoms with E-state index < -0.39 is 29.4 Å². The van der Waals surface area contributed by atoms with Crippen molar-refractivity contribution in [3.05, 3.63) is 88.2 Å². The number of fused-ring (bicyclic) bond motifs is 1. The predicted octanol–water partition coefficient (Wildman–Crippen LogP) is 4.45. The van der Waals surface area contributed by atoms with Crippen molar-refractivity contribution in [2.75, 3.05) is 26.2 Å². The van der Waals surface area contributed by atoms with Gasteiger partial charge in [-0.25, -0.2) is 18.3 Å². The summed E-state index contributed by atoms with van der Waals surface area (Å²) in [7, 11) is 0. The lowest BCUT2D eigenvalue weighted by Crippen LogP contribution is -2.48. The fourth-order valence-electron chi connectivity index (χ4n) is 4.79. The third-order valence-electron chi connectivity index (χ3n) is 6.85. The number of aliphatic hydroxyl groups is 1. The van der Waals surface area contributed by atoms with E-state index in [-0.39, 0.29) is 54.3 Å². The fraction of sp³-hybridized carbons (Fsp3) is 0.296. The van der Waals surface area contributed by atoms with Crippen LogP contribution in [0.25, 0.3) is 16.9 Å². The summed E-state index contributed by atoms with van der Waals surface area (Å²) >= 11 is 0. The van der Waals surface area contributed by atoms with Gasteiger partial charge in [-0.15, -0.1) is 0 Å². The number of halogens is 5. The van der Waals surface area contributed by atoms with Crippen LogP contribution in [0.2, 0.25) is 0 Å². The molecule has 0 unspecified atom stereocenters. The Hall–Kier alpha value is -3.90. The van der Waals surface area contributed by atoms with Crippen LogP contribution < -0.4 is 0 Å². The second-order valence-corrected chi connectivity index (χ2v) is 9.38. The van der Waals surface area contributed by atoms with Crippen LogP contribution in [0.1, 0.15) is 32.7 Å². The summed E-state index contributed by atoms with van der Waals surface area (Å²) in [5.74, 6) is -1.59. The molecule has 4 aromatic rings. The minimum absolute atomic E-state index is 0.0517. The van der Waals surface area contributed by atoms with Crippen LogP contribution in [0.15, 0.2) is 48.7 Å². The lowest BCUT2D eigenvalue weighted by atomic mass is 10.0. The Labute approximate surface area is 220 Å². The number of hydrogen-bond donors (Lipinski definition) is 1. The van der Waals surface area contributed by atoms with Crippen LogP contribution in [0.5, 0.6) is 0 Å². The number of aliphatic hydroxyl groups excluding tert-OH is 1. The second-order valence-electron chi connectivity index (χ2n) is 9.38. The Morgan fingerprint density at radius 3 is 2.36 bits per heavy atom. The molecule has 1 aliphatic heterocycles. The first-order valence-electron chi connectivity index (χ1n) is 12.2. The van der Waals surface area contributed by atoms with Crippen molar-refractivity contribution in [2.45, 2.75) is 26.3 Å². The molecule has 0 radical (unpaired) electrons. The van der Waals surface area contributed by atoms with Gasteiger partial charge in [-0.2, -0.15) is 18.3 Å². The maximum atomic E-state index is 14.2. The fourth-order valence-corrected chi connectivity index (χ4v) is 4.79. The van der Waals surface area contributed by atoms with Gasteiger partial charge in [0, 0.05) is 49.4 Å². The highest BCUT2D eigenvalue weighted by Crippen LogP contribution is 2.36. The summed E-state index contributed by atoms with van der Waals surface area (Å²) in [6, 6.07) is 9.55. The molecular weight excluding hydrogens is 521 g/mol. The number of aromatic nitrogens is 3. The predicted molar refractivity (Wildman–Crippen MR) is 132 cm³/mol. The summed E-state index contributed by atoms with van der Waals surface area (Å²) in [4.78, 5) is 21.2. The molecule has 1 saturated heterocycles. The normalized spacial score (nSPS) is 14.8. The van der Waals surface area contributed by atoms with E-state index in [1.165, 1.54) is 11.8 Å². The molecule has 5 rings (SSSR count). The standard InChI is InChI=1S/C27H24F5N5O2/c1-16-23(18-4-2-17(15-38)3-5-18)34-25-21(13-33-37(25)24(16)27(30,31)32)26(39)36-10-8-35(9-11-36)14-19-12-20(28)6-7-22(19)29/h2-7,12-13,38H,8-11,14-15H2,1H3. The van der Waals surface area contributed by atoms with Gasteiger partial charge in [-0.3, -0.25) is 9.69 Å². The molecular formula is C27H24F5N5O2. The van der Waals surface area contributed by atoms with E-state index in [1.807, 2.05) is 4.90 Å². The molecule has 0 bridgehead atoms. The van der Waals surface area contributed by atoms with E-state index in [1.54, 1.807) is 24.3 Å². The van der Waals surface area contributed by atoms with Gasteiger partial charge in [0.05, 0.1) is 18.5 Å². The first-order chi connectivity index (χ1) is 18.6. The highest BCUT2D eigenvalue weighted by atomic mass is 19.4. The van der Waals surface area contributed by atoms with Gasteiger partial charge >= 0.3 is 6.18 Å². The van der Waals surface area contributed by atoms with E-state index in [4.69, 9.17) is 0 Å². The molecule has 204 valence electrons. The molecule has 39 heavy (non-hydrogen) atoms. The van der Waals surface area contributed by atoms with Crippen LogP contribution in [0.3, 0.4) is 0 Å². The first-order valence-corrected chi connectivity index (χ1v) is 12.2. The molecule has 0 aliphatic carbocycles. The van der Waals surface area contributed by atoms with Crippen LogP contribution >= 0.6 is 0 Å². The minimum atomic E-state index is -4.77. The van der Waals surface area contributed by atoms with Crippen LogP contribution in [0.4, 0.5) is 22.0 Å². The molecule has 0 atom stereocenters. The van der Waals surface area contributed by atoms with Crippen molar-refractivity contribution < 1.29 is 31.9 Å². The van der Waals surface area contributed by atoms with Crippen molar-refractivity contribution in [3.8, 4) is 11.3 Å². The largest absolute Gasteiger partial charge is 0.433 e. The summed E-state index contributed by atoms with van der Waals surface area (Å²) in [5, 5.41) is 13.2. The highest BCUT2D eigenvalue weighted by molar-refractivity contribution is 6.00. The van der Waals surface area contributed by atoms with Crippen LogP contribution in [-0.2, 0) is 19.3 Å². The molecule has 1 amide bonds. The summed E-state index contributed by atoms with van der Waals surface area (Å²) in [5.41, 5.74) is -0.223. The van der Waals surface area contributed by atoms with Crippen molar-refractivity contribution in [1.82, 2.24) is 24.4 Å². The van der Waals surface area contributed by atoms with Gasteiger partial charge in [-0.05, 0) is 30.7 Å². The van der Waals surface area contributed by atoms with Crippen molar-refractivity contribution in [2.24, 2.45) is 0 Å². The third kappa shape index (κ3) is 5.21. The minimum Gasteiger partial charge on any atom is -0.392 e. The maximum Gasteiger partial charge on any atom is 0.433 e. The Morgan fingerprint density at radius 1 is 1.03 bits per heavy atom. The average molecular weight is 546 g/mol. The van der Waals surface area contributed by atoms with E-state index in [0.717, 1.165) is 24.4 Å². The number of piperazine rings is 1. The third-order valence-corrected chi connectivity index (χ3v) is 6.85. The number of alkyl halides is 3. The van der Waals surface area contributed by atoms with Crippen molar-refractivity contribution in [1.29, 1.82) is 0 Å². The van der Waals surface area contributed by atoms with Gasteiger partial charge in [0.25, 0.3) is 5.91 Å². The molecule has 1 aliphatic rings. The Morgan fingerprint density at radius 2 is 1.72 bits per heavy atom. The van der Waals surface area contributed by atoms with Crippen LogP contribution in [0, 0.1) is 18.6 Å². The molecule has 0 spiro atoms. The number of carbonyl (C=O) groups excluding carboxylic acids is 1. The van der Waals surface area contributed by atoms with Crippen LogP contribution in [-0.4, -0.2) is 61.6 Å². The topological polar surface area (TPSA) is 74.0 Å². The Kier molecular flexibility index (Phi) is 7.08. The Balaban J connectivity index is 1.44. The van der Waals surface area contributed by atoms with E-state index in [2.05, 4.69) is 10.1 Å². The van der Waals surface area contributed by atoms with Crippen molar-refractivity contribution in [3.63, 3.8) is 0 Å². The number of nitrogens with zero attached hydrogens (tertiary/aromatic N) is 5. The SMILES string of the molecule is Cc1c(-c2ccc(CO)cc2)nc2c(C(=O)N3CCN(Cc4cc(F)ccc4F)CC3)cnn2c1C(F)(F)F. The summed E-state index contributed by atoms with van der Waals surface area (Å²) < 4.78 is 70.7. The number of rotatable bonds is 5. The number of hydrogen-bond acceptors (Lipinski definition) is 5. The molecule has 1 N–H and O–H groups in total. The highest BCUT2D eigenvalue weighted by Gasteiger charge is 2.39. The molecule has 12 heteroatoms. The van der Waals surface area contributed by atoms with Crippen molar-refractivity contribution >= 4 is 11.6 Å². The maximum absolute atomic E-state index is 14.2. The molecule has 2 aromatic carbocycles. The van der Waals surface area contributed by atoms with Gasteiger partial charge in [0.2, 0.25) is 0 Å². The monoisotopic (exact) mass is 545 g/mol. The second kappa shape index (κ2) is 10.3. The molecule has 0 saturated carbocycles. The van der Waals surface area contributed by atoms with E-state index >= 15 is 0 Å². The molecule has 2 aromatic heterocycles. The lowest BCUT2D eigenvalue weighted by molar-refractivity contribution is -0.143. The zero-order valence-electron chi connectivity index (χ0n) is 20.8. The van der Waals surface area contributed by atoms with Gasteiger partial charge in [-0.1, -0.05) is 24.3 Å². The Bertz CT molecular complexity index is 1530. The molecule has 1 fully saturated rings. The molecule has 3 heterocycles. The zero-order chi connectivity index (χ0) is 27.9. The van der Waals surface area contributed by atoms with Gasteiger partial charge in [0.15, 0.2) is 11.3 Å². The summed E-state index contributed by atoms with van der Waals surface area (Å²) in [6.07, 6.45) is -3.68. The molecule has 7 nitrogen and oxygen atoms in total. The van der Waals surface area contributed by atoms with E-state index in [9.17, 15) is 31.9 Å². The number of carbonyl (C=O) groups is 1. The first kappa shape index (κ1) is 26.7. The van der Waals surface area contributed by atoms with Gasteiger partial charge in [0.1, 0.15) is 17.2 Å². The number of amides is 1. The average Bonchev–Trinajstić information content (AvgIpc) is 3.33. The zero-order valence-corrected chi connectivity index (χ0v) is 20.8. The quantitative estimate of drug-likeness (QED) is 0.375. The van der Waals surface area contributed by atoms with E-state index in [0.29, 0.717) is 28.7 Å². The number of benzene rings is 2. The summed E-state index contributed by atoms with van der Waals surface area (Å²) in [6.45, 7) is 2.45. The lowest BCUT2D eigenvalue weighted by Gasteiger charge is -2.34.